The normalized spacial score (nSPS) is 12.7. The van der Waals surface area contributed by atoms with Gasteiger partial charge in [-0.25, -0.2) is 4.98 Å². The average molecular weight is 419 g/mol. The van der Waals surface area contributed by atoms with Gasteiger partial charge in [-0.3, -0.25) is 9.59 Å². The minimum Gasteiger partial charge on any atom is -0.347 e. The van der Waals surface area contributed by atoms with Crippen LogP contribution in [0.15, 0.2) is 53.3 Å². The number of imidazole rings is 1. The van der Waals surface area contributed by atoms with Gasteiger partial charge in [-0.1, -0.05) is 43.3 Å². The Hall–Kier alpha value is -3.55. The molecule has 1 N–H and O–H groups in total. The van der Waals surface area contributed by atoms with Crippen molar-refractivity contribution in [2.45, 2.75) is 46.3 Å². The lowest BCUT2D eigenvalue weighted by Crippen LogP contribution is -2.41. The monoisotopic (exact) mass is 418 g/mol. The van der Waals surface area contributed by atoms with E-state index in [-0.39, 0.29) is 30.0 Å². The van der Waals surface area contributed by atoms with Crippen LogP contribution in [-0.2, 0) is 11.3 Å². The number of aromatic nitrogens is 5. The van der Waals surface area contributed by atoms with Gasteiger partial charge in [0.1, 0.15) is 17.4 Å². The Morgan fingerprint density at radius 1 is 1.00 bits per heavy atom. The molecule has 0 radical (unpaired) electrons. The van der Waals surface area contributed by atoms with Crippen LogP contribution >= 0.6 is 0 Å². The molecule has 0 saturated heterocycles. The first kappa shape index (κ1) is 20.7. The molecule has 8 nitrogen and oxygen atoms in total. The predicted octanol–water partition coefficient (Wildman–Crippen LogP) is 3.24. The van der Waals surface area contributed by atoms with E-state index in [9.17, 15) is 9.59 Å². The van der Waals surface area contributed by atoms with Gasteiger partial charge in [-0.15, -0.1) is 5.10 Å². The van der Waals surface area contributed by atoms with Crippen LogP contribution in [0, 0.1) is 5.92 Å². The minimum atomic E-state index is -0.776. The highest BCUT2D eigenvalue weighted by Gasteiger charge is 2.27. The lowest BCUT2D eigenvalue weighted by atomic mass is 10.0. The van der Waals surface area contributed by atoms with E-state index < -0.39 is 6.04 Å². The van der Waals surface area contributed by atoms with Gasteiger partial charge in [0.15, 0.2) is 0 Å². The van der Waals surface area contributed by atoms with Crippen molar-refractivity contribution >= 4 is 27.8 Å². The van der Waals surface area contributed by atoms with Crippen LogP contribution in [0.3, 0.4) is 0 Å². The Bertz CT molecular complexity index is 1300. The van der Waals surface area contributed by atoms with Gasteiger partial charge in [0.05, 0.1) is 23.0 Å². The van der Waals surface area contributed by atoms with E-state index in [1.54, 1.807) is 24.3 Å². The fourth-order valence-corrected chi connectivity index (χ4v) is 3.95. The highest BCUT2D eigenvalue weighted by Crippen LogP contribution is 2.21. The first-order valence-electron chi connectivity index (χ1n) is 10.5. The Labute approximate surface area is 179 Å². The summed E-state index contributed by atoms with van der Waals surface area (Å²) in [4.78, 5) is 30.8. The SMILES string of the molecule is CC(C)[C@@H](C(=O)NCc1nc2ccccc2n1C(C)C)n1nnc2ccccc2c1=O. The predicted molar refractivity (Wildman–Crippen MR) is 120 cm³/mol. The number of para-hydroxylation sites is 2. The van der Waals surface area contributed by atoms with Crippen LogP contribution in [0.2, 0.25) is 0 Å². The van der Waals surface area contributed by atoms with E-state index in [2.05, 4.69) is 34.0 Å². The molecule has 4 aromatic rings. The van der Waals surface area contributed by atoms with Crippen molar-refractivity contribution in [3.8, 4) is 0 Å². The molecule has 2 heterocycles. The maximum atomic E-state index is 13.2. The maximum absolute atomic E-state index is 13.2. The molecular formula is C23H26N6O2. The summed E-state index contributed by atoms with van der Waals surface area (Å²) < 4.78 is 3.30. The number of benzene rings is 2. The van der Waals surface area contributed by atoms with E-state index in [1.807, 2.05) is 38.1 Å². The molecule has 0 bridgehead atoms. The molecule has 0 aliphatic heterocycles. The van der Waals surface area contributed by atoms with Crippen molar-refractivity contribution < 1.29 is 4.79 Å². The van der Waals surface area contributed by atoms with Gasteiger partial charge in [-0.2, -0.15) is 4.68 Å². The quantitative estimate of drug-likeness (QED) is 0.519. The van der Waals surface area contributed by atoms with Crippen molar-refractivity contribution in [2.24, 2.45) is 5.92 Å². The molecule has 2 aromatic heterocycles. The molecule has 8 heteroatoms. The second-order valence-corrected chi connectivity index (χ2v) is 8.24. The van der Waals surface area contributed by atoms with E-state index in [4.69, 9.17) is 4.98 Å². The van der Waals surface area contributed by atoms with Crippen molar-refractivity contribution in [2.75, 3.05) is 0 Å². The number of hydrogen-bond donors (Lipinski definition) is 1. The van der Waals surface area contributed by atoms with Gasteiger partial charge in [0, 0.05) is 6.04 Å². The highest BCUT2D eigenvalue weighted by atomic mass is 16.2. The summed E-state index contributed by atoms with van der Waals surface area (Å²) in [6, 6.07) is 14.3. The number of amides is 1. The third-order valence-corrected chi connectivity index (χ3v) is 5.36. The van der Waals surface area contributed by atoms with Crippen molar-refractivity contribution in [3.05, 3.63) is 64.7 Å². The largest absolute Gasteiger partial charge is 0.347 e. The summed E-state index contributed by atoms with van der Waals surface area (Å²) in [6.07, 6.45) is 0. The minimum absolute atomic E-state index is 0.155. The van der Waals surface area contributed by atoms with Gasteiger partial charge < -0.3 is 9.88 Å². The lowest BCUT2D eigenvalue weighted by Gasteiger charge is -2.21. The van der Waals surface area contributed by atoms with E-state index in [0.717, 1.165) is 16.9 Å². The summed E-state index contributed by atoms with van der Waals surface area (Å²) in [5.41, 5.74) is 2.10. The summed E-state index contributed by atoms with van der Waals surface area (Å²) in [6.45, 7) is 8.19. The fourth-order valence-electron chi connectivity index (χ4n) is 3.95. The molecule has 2 aromatic carbocycles. The third-order valence-electron chi connectivity index (χ3n) is 5.36. The number of carbonyl (C=O) groups is 1. The number of nitrogens with zero attached hydrogens (tertiary/aromatic N) is 5. The van der Waals surface area contributed by atoms with Crippen LogP contribution in [0.4, 0.5) is 0 Å². The van der Waals surface area contributed by atoms with Crippen LogP contribution in [0.5, 0.6) is 0 Å². The van der Waals surface area contributed by atoms with Gasteiger partial charge >= 0.3 is 0 Å². The zero-order valence-corrected chi connectivity index (χ0v) is 18.1. The summed E-state index contributed by atoms with van der Waals surface area (Å²) in [5.74, 6) is 0.324. The molecule has 0 fully saturated rings. The maximum Gasteiger partial charge on any atom is 0.278 e. The van der Waals surface area contributed by atoms with E-state index >= 15 is 0 Å². The number of hydrogen-bond acceptors (Lipinski definition) is 5. The van der Waals surface area contributed by atoms with Gasteiger partial charge in [-0.05, 0) is 44.0 Å². The van der Waals surface area contributed by atoms with Crippen molar-refractivity contribution in [3.63, 3.8) is 0 Å². The fraction of sp³-hybridized carbons (Fsp3) is 0.348. The zero-order chi connectivity index (χ0) is 22.1. The summed E-state index contributed by atoms with van der Waals surface area (Å²) >= 11 is 0. The molecule has 0 saturated carbocycles. The molecule has 0 unspecified atom stereocenters. The van der Waals surface area contributed by atoms with E-state index in [1.165, 1.54) is 4.68 Å². The van der Waals surface area contributed by atoms with Gasteiger partial charge in [0.2, 0.25) is 5.91 Å². The van der Waals surface area contributed by atoms with Crippen LogP contribution in [0.25, 0.3) is 21.9 Å². The molecule has 0 spiro atoms. The van der Waals surface area contributed by atoms with Crippen molar-refractivity contribution in [1.29, 1.82) is 0 Å². The number of carbonyl (C=O) groups excluding carboxylic acids is 1. The second kappa shape index (κ2) is 8.29. The summed E-state index contributed by atoms with van der Waals surface area (Å²) in [7, 11) is 0. The number of fused-ring (bicyclic) bond motifs is 2. The number of nitrogens with one attached hydrogen (secondary N) is 1. The Morgan fingerprint density at radius 2 is 1.68 bits per heavy atom. The Kier molecular flexibility index (Phi) is 5.54. The molecule has 0 aliphatic rings. The lowest BCUT2D eigenvalue weighted by molar-refractivity contribution is -0.126. The molecule has 160 valence electrons. The molecule has 1 atom stereocenters. The van der Waals surface area contributed by atoms with Crippen molar-refractivity contribution in [1.82, 2.24) is 29.9 Å². The van der Waals surface area contributed by atoms with Crippen LogP contribution < -0.4 is 10.9 Å². The van der Waals surface area contributed by atoms with Crippen LogP contribution in [0.1, 0.15) is 45.6 Å². The molecule has 1 amide bonds. The first-order chi connectivity index (χ1) is 14.9. The molecule has 4 rings (SSSR count). The summed E-state index contributed by atoms with van der Waals surface area (Å²) in [5, 5.41) is 11.6. The molecular weight excluding hydrogens is 392 g/mol. The zero-order valence-electron chi connectivity index (χ0n) is 18.1. The average Bonchev–Trinajstić information content (AvgIpc) is 3.13. The number of rotatable bonds is 6. The first-order valence-corrected chi connectivity index (χ1v) is 10.5. The highest BCUT2D eigenvalue weighted by molar-refractivity contribution is 5.82. The Morgan fingerprint density at radius 3 is 2.39 bits per heavy atom. The van der Waals surface area contributed by atoms with Gasteiger partial charge in [0.25, 0.3) is 5.56 Å². The van der Waals surface area contributed by atoms with E-state index in [0.29, 0.717) is 10.9 Å². The molecule has 31 heavy (non-hydrogen) atoms. The smallest absolute Gasteiger partial charge is 0.278 e. The third kappa shape index (κ3) is 3.81. The molecule has 0 aliphatic carbocycles. The van der Waals surface area contributed by atoms with Crippen LogP contribution in [-0.4, -0.2) is 30.5 Å². The topological polar surface area (TPSA) is 94.7 Å². The Balaban J connectivity index is 1.64. The standard InChI is InChI=1S/C23H26N6O2/c1-14(2)21(29-23(31)16-9-5-6-10-17(16)26-27-29)22(30)24-13-20-25-18-11-7-8-12-19(18)28(20)15(3)4/h5-12,14-15,21H,13H2,1-4H3,(H,24,30)/t21-/m0/s1. The second-order valence-electron chi connectivity index (χ2n) is 8.24.